The lowest BCUT2D eigenvalue weighted by Crippen LogP contribution is -2.32. The van der Waals surface area contributed by atoms with Gasteiger partial charge in [0.15, 0.2) is 0 Å². The zero-order valence-electron chi connectivity index (χ0n) is 22.9. The molecule has 0 spiro atoms. The third kappa shape index (κ3) is 7.03. The Labute approximate surface area is 228 Å². The summed E-state index contributed by atoms with van der Waals surface area (Å²) in [5.41, 5.74) is 3.13. The smallest absolute Gasteiger partial charge is 0.310 e. The minimum absolute atomic E-state index is 0.0783. The lowest BCUT2D eigenvalue weighted by atomic mass is 9.94. The molecule has 0 fully saturated rings. The van der Waals surface area contributed by atoms with Crippen LogP contribution in [0, 0.1) is 11.2 Å². The fourth-order valence-electron chi connectivity index (χ4n) is 4.45. The van der Waals surface area contributed by atoms with E-state index in [1.807, 2.05) is 57.2 Å². The predicted molar refractivity (Wildman–Crippen MR) is 149 cm³/mol. The van der Waals surface area contributed by atoms with Crippen molar-refractivity contribution in [2.24, 2.45) is 5.41 Å². The molecule has 206 valence electrons. The van der Waals surface area contributed by atoms with E-state index in [2.05, 4.69) is 5.32 Å². The number of furan rings is 1. The zero-order valence-corrected chi connectivity index (χ0v) is 22.9. The number of nitrogens with one attached hydrogen (secondary N) is 1. The molecule has 4 aromatic rings. The molecule has 1 aromatic heterocycles. The Kier molecular flexibility index (Phi) is 9.02. The molecule has 0 aliphatic heterocycles. The van der Waals surface area contributed by atoms with Crippen LogP contribution in [0.1, 0.15) is 50.4 Å². The van der Waals surface area contributed by atoms with E-state index in [1.54, 1.807) is 37.5 Å². The average molecular weight is 536 g/mol. The van der Waals surface area contributed by atoms with Crippen LogP contribution >= 0.6 is 0 Å². The highest BCUT2D eigenvalue weighted by molar-refractivity contribution is 5.93. The van der Waals surface area contributed by atoms with Gasteiger partial charge in [0.25, 0.3) is 0 Å². The van der Waals surface area contributed by atoms with Crippen LogP contribution in [0.2, 0.25) is 0 Å². The SMILES string of the molecule is CCOC(=O)Cc1ccccc1OCc1cc(-c2cccc(C(CF)NCC(C)(C)C)c2F)c2occc2c1. The number of carbonyl (C=O) groups excluding carboxylic acids is 1. The van der Waals surface area contributed by atoms with Crippen LogP contribution in [-0.2, 0) is 22.6 Å². The Morgan fingerprint density at radius 1 is 1.05 bits per heavy atom. The molecule has 1 atom stereocenters. The van der Waals surface area contributed by atoms with Crippen LogP contribution in [0.15, 0.2) is 71.3 Å². The number of hydrogen-bond donors (Lipinski definition) is 1. The summed E-state index contributed by atoms with van der Waals surface area (Å²) < 4.78 is 46.9. The van der Waals surface area contributed by atoms with E-state index >= 15 is 4.39 Å². The fourth-order valence-corrected chi connectivity index (χ4v) is 4.45. The Hall–Kier alpha value is -3.71. The Balaban J connectivity index is 1.64. The van der Waals surface area contributed by atoms with Crippen LogP contribution in [0.4, 0.5) is 8.78 Å². The number of para-hydroxylation sites is 1. The van der Waals surface area contributed by atoms with Crippen LogP contribution in [0.3, 0.4) is 0 Å². The Morgan fingerprint density at radius 3 is 2.59 bits per heavy atom. The van der Waals surface area contributed by atoms with Crippen LogP contribution in [-0.4, -0.2) is 25.8 Å². The summed E-state index contributed by atoms with van der Waals surface area (Å²) in [6.07, 6.45) is 1.66. The first-order valence-corrected chi connectivity index (χ1v) is 13.1. The number of fused-ring (bicyclic) bond motifs is 1. The van der Waals surface area contributed by atoms with Gasteiger partial charge >= 0.3 is 5.97 Å². The number of halogens is 2. The number of rotatable bonds is 11. The number of esters is 1. The summed E-state index contributed by atoms with van der Waals surface area (Å²) in [6.45, 7) is 8.20. The first-order chi connectivity index (χ1) is 18.7. The van der Waals surface area contributed by atoms with Crippen molar-refractivity contribution >= 4 is 16.9 Å². The first-order valence-electron chi connectivity index (χ1n) is 13.1. The zero-order chi connectivity index (χ0) is 28.0. The van der Waals surface area contributed by atoms with Crippen molar-refractivity contribution < 1.29 is 27.5 Å². The van der Waals surface area contributed by atoms with Crippen molar-refractivity contribution in [2.75, 3.05) is 19.8 Å². The van der Waals surface area contributed by atoms with Gasteiger partial charge in [0.05, 0.1) is 25.3 Å². The van der Waals surface area contributed by atoms with Gasteiger partial charge in [-0.25, -0.2) is 8.78 Å². The summed E-state index contributed by atoms with van der Waals surface area (Å²) in [6, 6.07) is 17.1. The molecule has 5 nitrogen and oxygen atoms in total. The van der Waals surface area contributed by atoms with E-state index in [4.69, 9.17) is 13.9 Å². The average Bonchev–Trinajstić information content (AvgIpc) is 3.37. The first kappa shape index (κ1) is 28.3. The molecule has 0 aliphatic carbocycles. The maximum absolute atomic E-state index is 15.9. The summed E-state index contributed by atoms with van der Waals surface area (Å²) in [5.74, 6) is -0.241. The highest BCUT2D eigenvalue weighted by atomic mass is 19.1. The third-order valence-corrected chi connectivity index (χ3v) is 6.35. The molecule has 3 aromatic carbocycles. The maximum Gasteiger partial charge on any atom is 0.310 e. The molecule has 39 heavy (non-hydrogen) atoms. The molecule has 0 amide bonds. The largest absolute Gasteiger partial charge is 0.489 e. The molecule has 4 rings (SSSR count). The Bertz CT molecular complexity index is 1420. The normalized spacial score (nSPS) is 12.5. The van der Waals surface area contributed by atoms with E-state index in [-0.39, 0.29) is 30.0 Å². The topological polar surface area (TPSA) is 60.7 Å². The molecule has 0 aliphatic rings. The summed E-state index contributed by atoms with van der Waals surface area (Å²) >= 11 is 0. The number of hydrogen-bond acceptors (Lipinski definition) is 5. The van der Waals surface area contributed by atoms with Crippen LogP contribution in [0.25, 0.3) is 22.1 Å². The van der Waals surface area contributed by atoms with Crippen LogP contribution in [0.5, 0.6) is 5.75 Å². The van der Waals surface area contributed by atoms with E-state index in [0.717, 1.165) is 16.5 Å². The number of carbonyl (C=O) groups is 1. The van der Waals surface area contributed by atoms with Gasteiger partial charge < -0.3 is 19.2 Å². The molecule has 0 radical (unpaired) electrons. The Morgan fingerprint density at radius 2 is 1.85 bits per heavy atom. The molecule has 0 bridgehead atoms. The highest BCUT2D eigenvalue weighted by Crippen LogP contribution is 2.35. The van der Waals surface area contributed by atoms with Gasteiger partial charge in [-0.2, -0.15) is 0 Å². The van der Waals surface area contributed by atoms with Crippen molar-refractivity contribution in [2.45, 2.75) is 46.8 Å². The van der Waals surface area contributed by atoms with Gasteiger partial charge in [-0.3, -0.25) is 4.79 Å². The van der Waals surface area contributed by atoms with Gasteiger partial charge in [0, 0.05) is 34.2 Å². The van der Waals surface area contributed by atoms with Gasteiger partial charge in [-0.15, -0.1) is 0 Å². The fraction of sp³-hybridized carbons (Fsp3) is 0.344. The van der Waals surface area contributed by atoms with Crippen molar-refractivity contribution in [1.29, 1.82) is 0 Å². The van der Waals surface area contributed by atoms with Gasteiger partial charge in [0.2, 0.25) is 0 Å². The molecule has 0 saturated carbocycles. The molecular formula is C32H35F2NO4. The molecule has 1 unspecified atom stereocenters. The van der Waals surface area contributed by atoms with E-state index in [0.29, 0.717) is 35.6 Å². The molecule has 1 heterocycles. The third-order valence-electron chi connectivity index (χ3n) is 6.35. The molecule has 1 N–H and O–H groups in total. The standard InChI is InChI=1S/C32H35F2NO4/c1-5-37-29(36)17-22-9-6-7-12-28(22)39-19-21-15-23-13-14-38-31(23)26(16-21)24-10-8-11-25(30(24)34)27(18-33)35-20-32(2,3)4/h6-16,27,35H,5,17-20H2,1-4H3. The lowest BCUT2D eigenvalue weighted by molar-refractivity contribution is -0.142. The van der Waals surface area contributed by atoms with E-state index in [9.17, 15) is 9.18 Å². The maximum atomic E-state index is 15.9. The molecule has 7 heteroatoms. The minimum Gasteiger partial charge on any atom is -0.489 e. The van der Waals surface area contributed by atoms with E-state index in [1.165, 1.54) is 0 Å². The van der Waals surface area contributed by atoms with Crippen molar-refractivity contribution in [3.05, 3.63) is 89.4 Å². The summed E-state index contributed by atoms with van der Waals surface area (Å²) in [4.78, 5) is 12.0. The predicted octanol–water partition coefficient (Wildman–Crippen LogP) is 7.57. The van der Waals surface area contributed by atoms with E-state index < -0.39 is 18.5 Å². The number of benzene rings is 3. The summed E-state index contributed by atoms with van der Waals surface area (Å²) in [5, 5.41) is 3.96. The van der Waals surface area contributed by atoms with Crippen molar-refractivity contribution in [3.8, 4) is 16.9 Å². The minimum atomic E-state index is -0.765. The monoisotopic (exact) mass is 535 g/mol. The second-order valence-electron chi connectivity index (χ2n) is 10.7. The summed E-state index contributed by atoms with van der Waals surface area (Å²) in [7, 11) is 0. The van der Waals surface area contributed by atoms with Crippen molar-refractivity contribution in [1.82, 2.24) is 5.32 Å². The molecular weight excluding hydrogens is 500 g/mol. The van der Waals surface area contributed by atoms with Gasteiger partial charge in [0.1, 0.15) is 30.4 Å². The number of ether oxygens (including phenoxy) is 2. The van der Waals surface area contributed by atoms with Gasteiger partial charge in [-0.1, -0.05) is 57.2 Å². The number of alkyl halides is 1. The lowest BCUT2D eigenvalue weighted by Gasteiger charge is -2.24. The second kappa shape index (κ2) is 12.4. The second-order valence-corrected chi connectivity index (χ2v) is 10.7. The van der Waals surface area contributed by atoms with Crippen LogP contribution < -0.4 is 10.1 Å². The van der Waals surface area contributed by atoms with Crippen molar-refractivity contribution in [3.63, 3.8) is 0 Å². The quantitative estimate of drug-likeness (QED) is 0.201. The highest BCUT2D eigenvalue weighted by Gasteiger charge is 2.22. The van der Waals surface area contributed by atoms with Gasteiger partial charge in [-0.05, 0) is 42.2 Å². The molecule has 0 saturated heterocycles.